The van der Waals surface area contributed by atoms with Crippen molar-refractivity contribution >= 4 is 16.1 Å². The molecular weight excluding hydrogens is 209 g/mol. The van der Waals surface area contributed by atoms with Crippen molar-refractivity contribution in [2.75, 3.05) is 7.05 Å². The number of nitrogens with one attached hydrogen (secondary N) is 1. The second-order valence-electron chi connectivity index (χ2n) is 2.54. The van der Waals surface area contributed by atoms with E-state index in [-0.39, 0.29) is 5.56 Å². The summed E-state index contributed by atoms with van der Waals surface area (Å²) in [6.45, 7) is 0. The molecule has 1 N–H and O–H groups in total. The summed E-state index contributed by atoms with van der Waals surface area (Å²) >= 11 is 0. The Morgan fingerprint density at radius 3 is 2.57 bits per heavy atom. The molecule has 0 heterocycles. The Balaban J connectivity index is 3.21. The third-order valence-corrected chi connectivity index (χ3v) is 2.42. The van der Waals surface area contributed by atoms with E-state index >= 15 is 0 Å². The summed E-state index contributed by atoms with van der Waals surface area (Å²) < 4.78 is 33.5. The number of carbonyl (C=O) groups excluding carboxylic acids is 1. The van der Waals surface area contributed by atoms with E-state index in [0.717, 1.165) is 12.1 Å². The SMILES string of the molecule is CNC(=O)c1cccc(S(=O)(=O)F)c1. The third-order valence-electron chi connectivity index (χ3n) is 1.60. The smallest absolute Gasteiger partial charge is 0.332 e. The molecule has 14 heavy (non-hydrogen) atoms. The normalized spacial score (nSPS) is 11.0. The van der Waals surface area contributed by atoms with Crippen molar-refractivity contribution in [1.82, 2.24) is 5.32 Å². The Morgan fingerprint density at radius 1 is 1.43 bits per heavy atom. The Hall–Kier alpha value is -1.43. The summed E-state index contributed by atoms with van der Waals surface area (Å²) in [4.78, 5) is 10.5. The molecule has 1 rings (SSSR count). The average molecular weight is 217 g/mol. The maximum atomic E-state index is 12.5. The highest BCUT2D eigenvalue weighted by atomic mass is 32.3. The number of amides is 1. The molecule has 0 spiro atoms. The standard InChI is InChI=1S/C8H8FNO3S/c1-10-8(11)6-3-2-4-7(5-6)14(9,12)13/h2-5H,1H3,(H,10,11). The first kappa shape index (κ1) is 10.6. The second-order valence-corrected chi connectivity index (χ2v) is 3.89. The number of halogens is 1. The summed E-state index contributed by atoms with van der Waals surface area (Å²) in [5, 5.41) is 2.30. The van der Waals surface area contributed by atoms with Gasteiger partial charge in [-0.1, -0.05) is 6.07 Å². The number of hydrogen-bond acceptors (Lipinski definition) is 3. The largest absolute Gasteiger partial charge is 0.355 e. The van der Waals surface area contributed by atoms with Crippen LogP contribution in [0.2, 0.25) is 0 Å². The van der Waals surface area contributed by atoms with E-state index in [0.29, 0.717) is 0 Å². The van der Waals surface area contributed by atoms with Crippen molar-refractivity contribution < 1.29 is 17.1 Å². The maximum Gasteiger partial charge on any atom is 0.332 e. The molecule has 0 aliphatic rings. The minimum absolute atomic E-state index is 0.103. The molecule has 76 valence electrons. The molecule has 1 amide bonds. The molecular formula is C8H8FNO3S. The van der Waals surface area contributed by atoms with Gasteiger partial charge in [-0.05, 0) is 18.2 Å². The molecule has 0 fully saturated rings. The molecule has 0 saturated carbocycles. The molecule has 0 bridgehead atoms. The van der Waals surface area contributed by atoms with E-state index in [2.05, 4.69) is 5.32 Å². The molecule has 1 aromatic rings. The van der Waals surface area contributed by atoms with Crippen LogP contribution in [0, 0.1) is 0 Å². The topological polar surface area (TPSA) is 63.2 Å². The lowest BCUT2D eigenvalue weighted by Crippen LogP contribution is -2.17. The van der Waals surface area contributed by atoms with Gasteiger partial charge >= 0.3 is 10.2 Å². The highest BCUT2D eigenvalue weighted by molar-refractivity contribution is 7.86. The van der Waals surface area contributed by atoms with E-state index < -0.39 is 21.0 Å². The van der Waals surface area contributed by atoms with E-state index in [1.54, 1.807) is 0 Å². The van der Waals surface area contributed by atoms with Crippen LogP contribution in [0.5, 0.6) is 0 Å². The molecule has 1 aromatic carbocycles. The van der Waals surface area contributed by atoms with Crippen molar-refractivity contribution in [1.29, 1.82) is 0 Å². The monoisotopic (exact) mass is 217 g/mol. The molecule has 0 aliphatic heterocycles. The molecule has 0 aromatic heterocycles. The fourth-order valence-electron chi connectivity index (χ4n) is 0.933. The first-order chi connectivity index (χ1) is 6.45. The lowest BCUT2D eigenvalue weighted by atomic mass is 10.2. The zero-order valence-corrected chi connectivity index (χ0v) is 8.14. The van der Waals surface area contributed by atoms with Gasteiger partial charge in [-0.15, -0.1) is 3.89 Å². The van der Waals surface area contributed by atoms with Crippen LogP contribution in [0.1, 0.15) is 10.4 Å². The molecule has 6 heteroatoms. The van der Waals surface area contributed by atoms with Crippen molar-refractivity contribution in [2.24, 2.45) is 0 Å². The Bertz CT molecular complexity index is 455. The fraction of sp³-hybridized carbons (Fsp3) is 0.125. The highest BCUT2D eigenvalue weighted by Crippen LogP contribution is 2.13. The summed E-state index contributed by atoms with van der Waals surface area (Å²) in [5.41, 5.74) is 0.103. The summed E-state index contributed by atoms with van der Waals surface area (Å²) in [6, 6.07) is 4.76. The van der Waals surface area contributed by atoms with Gasteiger partial charge in [-0.2, -0.15) is 8.42 Å². The van der Waals surface area contributed by atoms with Gasteiger partial charge in [0.25, 0.3) is 5.91 Å². The number of hydrogen-bond donors (Lipinski definition) is 1. The molecule has 0 saturated heterocycles. The molecule has 0 unspecified atom stereocenters. The minimum Gasteiger partial charge on any atom is -0.355 e. The minimum atomic E-state index is -4.75. The van der Waals surface area contributed by atoms with Gasteiger partial charge in [0.15, 0.2) is 0 Å². The van der Waals surface area contributed by atoms with Crippen molar-refractivity contribution in [3.63, 3.8) is 0 Å². The molecule has 4 nitrogen and oxygen atoms in total. The molecule has 0 radical (unpaired) electrons. The first-order valence-corrected chi connectivity index (χ1v) is 5.10. The molecule has 0 aliphatic carbocycles. The van der Waals surface area contributed by atoms with Crippen molar-refractivity contribution in [3.05, 3.63) is 29.8 Å². The summed E-state index contributed by atoms with van der Waals surface area (Å²) in [6.07, 6.45) is 0. The number of rotatable bonds is 2. The van der Waals surface area contributed by atoms with Gasteiger partial charge in [0.05, 0.1) is 4.90 Å². The molecule has 0 atom stereocenters. The van der Waals surface area contributed by atoms with Crippen LogP contribution in [0.15, 0.2) is 29.2 Å². The van der Waals surface area contributed by atoms with Gasteiger partial charge < -0.3 is 5.32 Å². The van der Waals surface area contributed by atoms with Crippen LogP contribution in [0.25, 0.3) is 0 Å². The lowest BCUT2D eigenvalue weighted by Gasteiger charge is -2.00. The van der Waals surface area contributed by atoms with E-state index in [1.807, 2.05) is 0 Å². The van der Waals surface area contributed by atoms with Gasteiger partial charge in [-0.3, -0.25) is 4.79 Å². The lowest BCUT2D eigenvalue weighted by molar-refractivity contribution is 0.0963. The Morgan fingerprint density at radius 2 is 2.07 bits per heavy atom. The van der Waals surface area contributed by atoms with Gasteiger partial charge in [-0.25, -0.2) is 0 Å². The average Bonchev–Trinajstić information content (AvgIpc) is 2.15. The highest BCUT2D eigenvalue weighted by Gasteiger charge is 2.13. The predicted octanol–water partition coefficient (Wildman–Crippen LogP) is 0.704. The van der Waals surface area contributed by atoms with Crippen LogP contribution in [-0.2, 0) is 10.2 Å². The maximum absolute atomic E-state index is 12.5. The van der Waals surface area contributed by atoms with E-state index in [1.165, 1.54) is 19.2 Å². The second kappa shape index (κ2) is 3.75. The van der Waals surface area contributed by atoms with Crippen LogP contribution < -0.4 is 5.32 Å². The zero-order valence-electron chi connectivity index (χ0n) is 7.32. The van der Waals surface area contributed by atoms with E-state index in [9.17, 15) is 17.1 Å². The van der Waals surface area contributed by atoms with Crippen LogP contribution in [0.3, 0.4) is 0 Å². The number of carbonyl (C=O) groups is 1. The van der Waals surface area contributed by atoms with Gasteiger partial charge in [0.1, 0.15) is 0 Å². The van der Waals surface area contributed by atoms with Crippen LogP contribution >= 0.6 is 0 Å². The predicted molar refractivity (Wildman–Crippen MR) is 48.1 cm³/mol. The Labute approximate surface area is 81.0 Å². The van der Waals surface area contributed by atoms with Crippen LogP contribution in [0.4, 0.5) is 3.89 Å². The quantitative estimate of drug-likeness (QED) is 0.742. The van der Waals surface area contributed by atoms with Crippen molar-refractivity contribution in [3.8, 4) is 0 Å². The third kappa shape index (κ3) is 2.29. The zero-order chi connectivity index (χ0) is 10.8. The number of benzene rings is 1. The van der Waals surface area contributed by atoms with Gasteiger partial charge in [0.2, 0.25) is 0 Å². The van der Waals surface area contributed by atoms with Crippen LogP contribution in [-0.4, -0.2) is 21.4 Å². The Kier molecular flexibility index (Phi) is 2.85. The summed E-state index contributed by atoms with van der Waals surface area (Å²) in [7, 11) is -3.35. The van der Waals surface area contributed by atoms with E-state index in [4.69, 9.17) is 0 Å². The fourth-order valence-corrected chi connectivity index (χ4v) is 1.44. The first-order valence-electron chi connectivity index (χ1n) is 3.72. The van der Waals surface area contributed by atoms with Gasteiger partial charge in [0, 0.05) is 12.6 Å². The summed E-state index contributed by atoms with van der Waals surface area (Å²) in [5.74, 6) is -0.463. The van der Waals surface area contributed by atoms with Crippen molar-refractivity contribution in [2.45, 2.75) is 4.90 Å².